The lowest BCUT2D eigenvalue weighted by molar-refractivity contribution is 0.0512. The van der Waals surface area contributed by atoms with Gasteiger partial charge in [-0.05, 0) is 33.6 Å². The van der Waals surface area contributed by atoms with E-state index in [-0.39, 0.29) is 25.8 Å². The van der Waals surface area contributed by atoms with Crippen LogP contribution in [0.3, 0.4) is 0 Å². The first-order valence-corrected chi connectivity index (χ1v) is 13.6. The fraction of sp³-hybridized carbons (Fsp3) is 1.00. The minimum absolute atomic E-state index is 0.0821. The molecule has 9 nitrogen and oxygen atoms in total. The molecule has 13 heteroatoms. The van der Waals surface area contributed by atoms with Crippen molar-refractivity contribution in [3.8, 4) is 0 Å². The number of hydrogen-bond acceptors (Lipinski definition) is 9. The highest BCUT2D eigenvalue weighted by atomic mass is 33.1. The number of rotatable bonds is 16. The van der Waals surface area contributed by atoms with Gasteiger partial charge in [-0.3, -0.25) is 18.1 Å². The van der Waals surface area contributed by atoms with Crippen molar-refractivity contribution in [2.75, 3.05) is 31.5 Å². The van der Waals surface area contributed by atoms with E-state index >= 15 is 0 Å². The van der Waals surface area contributed by atoms with Gasteiger partial charge in [0.25, 0.3) is 0 Å². The van der Waals surface area contributed by atoms with Crippen molar-refractivity contribution in [2.45, 2.75) is 52.1 Å². The van der Waals surface area contributed by atoms with Crippen molar-refractivity contribution in [1.29, 1.82) is 0 Å². The third-order valence-corrected chi connectivity index (χ3v) is 6.84. The van der Waals surface area contributed by atoms with Crippen LogP contribution in [0.2, 0.25) is 0 Å². The molecule has 0 aliphatic heterocycles. The molecule has 158 valence electrons. The first-order valence-electron chi connectivity index (χ1n) is 8.13. The molecule has 0 saturated heterocycles. The minimum Gasteiger partial charge on any atom is -0.385 e. The van der Waals surface area contributed by atoms with Crippen LogP contribution in [0.5, 0.6) is 0 Å². The lowest BCUT2D eigenvalue weighted by Gasteiger charge is -2.22. The zero-order valence-electron chi connectivity index (χ0n) is 15.4. The van der Waals surface area contributed by atoms with E-state index in [4.69, 9.17) is 14.2 Å². The summed E-state index contributed by atoms with van der Waals surface area (Å²) in [4.78, 5) is 18.9. The number of phosphoric ester groups is 2. The molecule has 0 aromatic heterocycles. The summed E-state index contributed by atoms with van der Waals surface area (Å²) >= 11 is 0. The predicted octanol–water partition coefficient (Wildman–Crippen LogP) is 3.94. The molecule has 0 rings (SSSR count). The highest BCUT2D eigenvalue weighted by Gasteiger charge is 2.29. The van der Waals surface area contributed by atoms with Crippen LogP contribution >= 0.6 is 37.2 Å². The second-order valence-corrected chi connectivity index (χ2v) is 11.5. The molecule has 2 atom stereocenters. The van der Waals surface area contributed by atoms with Crippen LogP contribution < -0.4 is 0 Å². The molecule has 26 heavy (non-hydrogen) atoms. The van der Waals surface area contributed by atoms with Gasteiger partial charge >= 0.3 is 15.6 Å². The highest BCUT2D eigenvalue weighted by molar-refractivity contribution is 8.76. The summed E-state index contributed by atoms with van der Waals surface area (Å²) in [5.41, 5.74) is -0.864. The third kappa shape index (κ3) is 18.3. The Bertz CT molecular complexity index is 459. The van der Waals surface area contributed by atoms with Crippen LogP contribution in [0.1, 0.15) is 46.5 Å². The Morgan fingerprint density at radius 2 is 1.35 bits per heavy atom. The molecular weight excluding hydrogens is 426 g/mol. The van der Waals surface area contributed by atoms with Gasteiger partial charge in [-0.15, -0.1) is 0 Å². The minimum atomic E-state index is -4.25. The Balaban J connectivity index is 3.73. The Labute approximate surface area is 163 Å². The van der Waals surface area contributed by atoms with Gasteiger partial charge in [0.2, 0.25) is 0 Å². The van der Waals surface area contributed by atoms with Crippen LogP contribution in [-0.4, -0.2) is 52.0 Å². The molecule has 3 N–H and O–H groups in total. The smallest absolute Gasteiger partial charge is 0.385 e. The average molecular weight is 456 g/mol. The molecule has 0 aliphatic carbocycles. The van der Waals surface area contributed by atoms with E-state index < -0.39 is 21.2 Å². The molecule has 0 aliphatic rings. The average Bonchev–Trinajstić information content (AvgIpc) is 2.48. The largest absolute Gasteiger partial charge is 0.472 e. The quantitative estimate of drug-likeness (QED) is 0.135. The SMILES string of the molecule is CC(C)(C)OP(=O)(O)OCCOP(=O)(O)OCCCCCCSSCO. The lowest BCUT2D eigenvalue weighted by Crippen LogP contribution is -2.18. The first kappa shape index (κ1) is 26.9. The maximum atomic E-state index is 11.6. The van der Waals surface area contributed by atoms with Gasteiger partial charge in [-0.25, -0.2) is 9.13 Å². The lowest BCUT2D eigenvalue weighted by atomic mass is 10.2. The molecule has 0 aromatic carbocycles. The van der Waals surface area contributed by atoms with Crippen molar-refractivity contribution < 1.29 is 42.1 Å². The number of aliphatic hydroxyl groups excluding tert-OH is 1. The van der Waals surface area contributed by atoms with E-state index in [1.54, 1.807) is 31.6 Å². The molecule has 0 aromatic rings. The Morgan fingerprint density at radius 1 is 0.808 bits per heavy atom. The van der Waals surface area contributed by atoms with E-state index in [1.165, 1.54) is 10.8 Å². The Kier molecular flexibility index (Phi) is 14.4. The fourth-order valence-electron chi connectivity index (χ4n) is 1.61. The van der Waals surface area contributed by atoms with Crippen molar-refractivity contribution in [1.82, 2.24) is 0 Å². The van der Waals surface area contributed by atoms with E-state index in [9.17, 15) is 18.9 Å². The fourth-order valence-corrected chi connectivity index (χ4v) is 4.84. The molecule has 0 heterocycles. The number of hydrogen-bond donors (Lipinski definition) is 3. The molecule has 0 saturated carbocycles. The van der Waals surface area contributed by atoms with Crippen molar-refractivity contribution >= 4 is 37.2 Å². The van der Waals surface area contributed by atoms with Crippen molar-refractivity contribution in [3.63, 3.8) is 0 Å². The Hall–Kier alpha value is 0.880. The second kappa shape index (κ2) is 14.0. The molecule has 0 bridgehead atoms. The van der Waals surface area contributed by atoms with Crippen LogP contribution in [0.4, 0.5) is 0 Å². The summed E-state index contributed by atoms with van der Waals surface area (Å²) in [7, 11) is -5.45. The second-order valence-electron chi connectivity index (χ2n) is 6.12. The van der Waals surface area contributed by atoms with Crippen molar-refractivity contribution in [2.24, 2.45) is 0 Å². The molecule has 0 radical (unpaired) electrons. The molecular formula is C13H30O9P2S2. The first-order chi connectivity index (χ1) is 12.0. The standard InChI is InChI=1S/C13H30O9P2S2/c1-13(2,3)22-24(17,18)21-10-9-20-23(15,16)19-8-6-4-5-7-11-25-26-12-14/h14H,4-12H2,1-3H3,(H,15,16)(H,17,18). The van der Waals surface area contributed by atoms with Gasteiger partial charge in [0.05, 0.1) is 31.4 Å². The van der Waals surface area contributed by atoms with Crippen LogP contribution in [0.15, 0.2) is 0 Å². The Morgan fingerprint density at radius 3 is 1.92 bits per heavy atom. The normalized spacial score (nSPS) is 17.0. The van der Waals surface area contributed by atoms with Crippen molar-refractivity contribution in [3.05, 3.63) is 0 Å². The molecule has 0 fully saturated rings. The van der Waals surface area contributed by atoms with E-state index in [2.05, 4.69) is 9.05 Å². The number of phosphoric acid groups is 2. The summed E-state index contributed by atoms with van der Waals surface area (Å²) in [5, 5.41) is 8.60. The van der Waals surface area contributed by atoms with E-state index in [0.717, 1.165) is 25.0 Å². The third-order valence-electron chi connectivity index (χ3n) is 2.49. The van der Waals surface area contributed by atoms with Gasteiger partial charge in [0.1, 0.15) is 0 Å². The number of unbranched alkanes of at least 4 members (excludes halogenated alkanes) is 3. The van der Waals surface area contributed by atoms with E-state index in [1.807, 2.05) is 0 Å². The maximum absolute atomic E-state index is 11.6. The summed E-state index contributed by atoms with van der Waals surface area (Å²) in [6.45, 7) is 4.10. The number of aliphatic hydroxyl groups is 1. The summed E-state index contributed by atoms with van der Waals surface area (Å²) < 4.78 is 42.2. The molecule has 2 unspecified atom stereocenters. The summed E-state index contributed by atoms with van der Waals surface area (Å²) in [6.07, 6.45) is 3.44. The predicted molar refractivity (Wildman–Crippen MR) is 104 cm³/mol. The monoisotopic (exact) mass is 456 g/mol. The van der Waals surface area contributed by atoms with Crippen LogP contribution in [-0.2, 0) is 27.2 Å². The van der Waals surface area contributed by atoms with Gasteiger partial charge in [-0.1, -0.05) is 34.4 Å². The van der Waals surface area contributed by atoms with Gasteiger partial charge in [0.15, 0.2) is 0 Å². The van der Waals surface area contributed by atoms with Crippen LogP contribution in [0, 0.1) is 0 Å². The highest BCUT2D eigenvalue weighted by Crippen LogP contribution is 2.48. The van der Waals surface area contributed by atoms with Gasteiger partial charge in [-0.2, -0.15) is 0 Å². The summed E-state index contributed by atoms with van der Waals surface area (Å²) in [5.74, 6) is 1.05. The summed E-state index contributed by atoms with van der Waals surface area (Å²) in [6, 6.07) is 0. The maximum Gasteiger partial charge on any atom is 0.472 e. The van der Waals surface area contributed by atoms with Crippen LogP contribution in [0.25, 0.3) is 0 Å². The zero-order chi connectivity index (χ0) is 20.1. The van der Waals surface area contributed by atoms with Gasteiger partial charge < -0.3 is 14.9 Å². The topological polar surface area (TPSA) is 132 Å². The molecule has 0 amide bonds. The molecule has 0 spiro atoms. The van der Waals surface area contributed by atoms with Gasteiger partial charge in [0, 0.05) is 5.75 Å². The zero-order valence-corrected chi connectivity index (χ0v) is 18.8. The van der Waals surface area contributed by atoms with E-state index in [0.29, 0.717) is 6.42 Å².